The summed E-state index contributed by atoms with van der Waals surface area (Å²) in [5, 5.41) is 11.1. The van der Waals surface area contributed by atoms with E-state index < -0.39 is 34.7 Å². The minimum absolute atomic E-state index is 0.0163. The first kappa shape index (κ1) is 35.8. The number of hydrogen-bond donors (Lipinski definition) is 1. The second kappa shape index (κ2) is 13.3. The van der Waals surface area contributed by atoms with Crippen LogP contribution in [-0.4, -0.2) is 79.8 Å². The van der Waals surface area contributed by atoms with E-state index in [0.29, 0.717) is 24.4 Å². The Hall–Kier alpha value is -4.04. The molecule has 14 heteroatoms. The number of piperazine rings is 1. The number of rotatable bonds is 8. The average Bonchev–Trinajstić information content (AvgIpc) is 3.55. The van der Waals surface area contributed by atoms with Gasteiger partial charge in [-0.15, -0.1) is 10.2 Å². The molecule has 50 heavy (non-hydrogen) atoms. The lowest BCUT2D eigenvalue weighted by Gasteiger charge is -2.42. The molecule has 2 amide bonds. The van der Waals surface area contributed by atoms with Crippen LogP contribution in [-0.2, 0) is 38.1 Å². The molecule has 1 N–H and O–H groups in total. The number of benzene rings is 1. The maximum Gasteiger partial charge on any atom is 0.416 e. The largest absolute Gasteiger partial charge is 0.416 e. The molecule has 1 saturated carbocycles. The predicted molar refractivity (Wildman–Crippen MR) is 182 cm³/mol. The van der Waals surface area contributed by atoms with Crippen LogP contribution in [0.4, 0.5) is 23.8 Å². The Morgan fingerprint density at radius 2 is 1.84 bits per heavy atom. The second-order valence-corrected chi connectivity index (χ2v) is 15.6. The van der Waals surface area contributed by atoms with Crippen LogP contribution >= 0.6 is 0 Å². The molecule has 1 atom stereocenters. The third kappa shape index (κ3) is 7.36. The van der Waals surface area contributed by atoms with Crippen LogP contribution in [0.1, 0.15) is 92.3 Å². The second-order valence-electron chi connectivity index (χ2n) is 15.6. The van der Waals surface area contributed by atoms with E-state index in [0.717, 1.165) is 50.3 Å². The first-order chi connectivity index (χ1) is 23.4. The van der Waals surface area contributed by atoms with Crippen molar-refractivity contribution in [1.82, 2.24) is 34.9 Å². The highest BCUT2D eigenvalue weighted by molar-refractivity contribution is 6.10. The van der Waals surface area contributed by atoms with E-state index in [-0.39, 0.29) is 35.4 Å². The van der Waals surface area contributed by atoms with E-state index in [2.05, 4.69) is 51.2 Å². The molecule has 1 saturated heterocycles. The molecule has 2 aliphatic heterocycles. The summed E-state index contributed by atoms with van der Waals surface area (Å²) in [6, 6.07) is 6.42. The molecule has 0 bridgehead atoms. The fourth-order valence-electron chi connectivity index (χ4n) is 7.41. The monoisotopic (exact) mass is 696 g/mol. The summed E-state index contributed by atoms with van der Waals surface area (Å²) in [5.74, 6) is 0.582. The lowest BCUT2D eigenvalue weighted by atomic mass is 9.62. The van der Waals surface area contributed by atoms with Crippen LogP contribution in [0.5, 0.6) is 5.88 Å². The molecule has 11 nitrogen and oxygen atoms in total. The minimum Gasteiger partial charge on any atom is -0.391 e. The SMILES string of the molecule is CC(C)[C@H]1CN(C)CCN1Cc1cc2c(c(C(F)(F)F)c1)CN(c1cc(C3(Cc4nncn4C)CCC3)cc(OC(=O)NC(C)(C)C)n1)C2=O. The molecule has 2 aromatic heterocycles. The van der Waals surface area contributed by atoms with Crippen molar-refractivity contribution in [3.05, 3.63) is 64.2 Å². The molecule has 4 heterocycles. The topological polar surface area (TPSA) is 109 Å². The Bertz CT molecular complexity index is 1760. The van der Waals surface area contributed by atoms with Crippen LogP contribution in [0.15, 0.2) is 30.6 Å². The zero-order valence-electron chi connectivity index (χ0n) is 29.9. The number of halogens is 3. The van der Waals surface area contributed by atoms with Gasteiger partial charge in [-0.25, -0.2) is 4.79 Å². The normalized spacial score (nSPS) is 19.9. The average molecular weight is 697 g/mol. The van der Waals surface area contributed by atoms with Gasteiger partial charge in [0.2, 0.25) is 5.88 Å². The highest BCUT2D eigenvalue weighted by Crippen LogP contribution is 2.48. The van der Waals surface area contributed by atoms with E-state index in [1.807, 2.05) is 32.4 Å². The summed E-state index contributed by atoms with van der Waals surface area (Å²) < 4.78 is 51.6. The summed E-state index contributed by atoms with van der Waals surface area (Å²) in [5.41, 5.74) is -0.660. The van der Waals surface area contributed by atoms with E-state index >= 15 is 0 Å². The highest BCUT2D eigenvalue weighted by atomic mass is 19.4. The molecular formula is C36H47F3N8O3. The van der Waals surface area contributed by atoms with Crippen molar-refractivity contribution >= 4 is 17.8 Å². The number of fused-ring (bicyclic) bond motifs is 1. The van der Waals surface area contributed by atoms with E-state index in [4.69, 9.17) is 4.74 Å². The third-order valence-corrected chi connectivity index (χ3v) is 10.3. The smallest absolute Gasteiger partial charge is 0.391 e. The molecular weight excluding hydrogens is 649 g/mol. The maximum absolute atomic E-state index is 14.7. The fraction of sp³-hybridized carbons (Fsp3) is 0.583. The Balaban J connectivity index is 1.38. The van der Waals surface area contributed by atoms with Crippen molar-refractivity contribution in [2.45, 2.75) is 96.6 Å². The van der Waals surface area contributed by atoms with Crippen molar-refractivity contribution in [1.29, 1.82) is 0 Å². The van der Waals surface area contributed by atoms with Crippen LogP contribution in [0.3, 0.4) is 0 Å². The number of pyridine rings is 1. The van der Waals surface area contributed by atoms with Gasteiger partial charge in [-0.2, -0.15) is 18.2 Å². The van der Waals surface area contributed by atoms with E-state index in [1.165, 1.54) is 11.0 Å². The first-order valence-corrected chi connectivity index (χ1v) is 17.3. The maximum atomic E-state index is 14.7. The summed E-state index contributed by atoms with van der Waals surface area (Å²) in [6.45, 7) is 12.0. The summed E-state index contributed by atoms with van der Waals surface area (Å²) >= 11 is 0. The van der Waals surface area contributed by atoms with Crippen LogP contribution in [0.2, 0.25) is 0 Å². The Kier molecular flexibility index (Phi) is 9.48. The van der Waals surface area contributed by atoms with Gasteiger partial charge >= 0.3 is 12.3 Å². The highest BCUT2D eigenvalue weighted by Gasteiger charge is 2.44. The number of aryl methyl sites for hydroxylation is 1. The molecule has 1 aromatic carbocycles. The summed E-state index contributed by atoms with van der Waals surface area (Å²) in [7, 11) is 3.92. The Labute approximate surface area is 291 Å². The molecule has 3 aromatic rings. The molecule has 6 rings (SSSR count). The van der Waals surface area contributed by atoms with Crippen molar-refractivity contribution in [2.75, 3.05) is 31.6 Å². The van der Waals surface area contributed by atoms with Crippen molar-refractivity contribution in [3.63, 3.8) is 0 Å². The van der Waals surface area contributed by atoms with Gasteiger partial charge in [-0.1, -0.05) is 20.3 Å². The number of carbonyl (C=O) groups is 2. The summed E-state index contributed by atoms with van der Waals surface area (Å²) in [6.07, 6.45) is -0.673. The summed E-state index contributed by atoms with van der Waals surface area (Å²) in [4.78, 5) is 37.3. The van der Waals surface area contributed by atoms with Crippen LogP contribution < -0.4 is 15.0 Å². The van der Waals surface area contributed by atoms with Crippen molar-refractivity contribution in [2.24, 2.45) is 13.0 Å². The quantitative estimate of drug-likeness (QED) is 0.319. The molecule has 2 fully saturated rings. The van der Waals surface area contributed by atoms with E-state index in [1.54, 1.807) is 24.5 Å². The number of carbonyl (C=O) groups excluding carboxylic acids is 2. The van der Waals surface area contributed by atoms with Gasteiger partial charge in [0.05, 0.1) is 12.1 Å². The number of anilines is 1. The van der Waals surface area contributed by atoms with Crippen LogP contribution in [0.25, 0.3) is 0 Å². The minimum atomic E-state index is -4.67. The van der Waals surface area contributed by atoms with Gasteiger partial charge in [-0.05, 0) is 81.5 Å². The van der Waals surface area contributed by atoms with Gasteiger partial charge in [0.25, 0.3) is 5.91 Å². The number of nitrogens with zero attached hydrogens (tertiary/aromatic N) is 7. The van der Waals surface area contributed by atoms with Gasteiger partial charge in [0.15, 0.2) is 0 Å². The Morgan fingerprint density at radius 1 is 1.10 bits per heavy atom. The number of amides is 2. The molecule has 0 spiro atoms. The molecule has 0 radical (unpaired) electrons. The number of ether oxygens (including phenoxy) is 1. The zero-order valence-corrected chi connectivity index (χ0v) is 29.9. The lowest BCUT2D eigenvalue weighted by Crippen LogP contribution is -2.53. The Morgan fingerprint density at radius 3 is 2.44 bits per heavy atom. The number of aromatic nitrogens is 4. The molecule has 3 aliphatic rings. The zero-order chi connectivity index (χ0) is 36.2. The molecule has 1 aliphatic carbocycles. The van der Waals surface area contributed by atoms with Crippen molar-refractivity contribution in [3.8, 4) is 5.88 Å². The van der Waals surface area contributed by atoms with Gasteiger partial charge in [0.1, 0.15) is 18.0 Å². The number of nitrogens with one attached hydrogen (secondary N) is 1. The van der Waals surface area contributed by atoms with Crippen LogP contribution in [0, 0.1) is 5.92 Å². The standard InChI is InChI=1S/C36H47F3N8O3/c1-22(2)28-20-44(6)11-12-46(28)18-23-13-25-26(27(14-23)36(37,38)39)19-47(32(25)48)29-15-24(16-31(41-29)50-33(49)42-34(3,4)5)35(9-8-10-35)17-30-43-40-21-45(30)7/h13-16,21-22,28H,8-12,17-20H2,1-7H3,(H,42,49)/t28-/m1/s1. The predicted octanol–water partition coefficient (Wildman–Crippen LogP) is 5.71. The fourth-order valence-corrected chi connectivity index (χ4v) is 7.41. The van der Waals surface area contributed by atoms with E-state index in [9.17, 15) is 22.8 Å². The van der Waals surface area contributed by atoms with Gasteiger partial charge < -0.3 is 19.5 Å². The van der Waals surface area contributed by atoms with Crippen molar-refractivity contribution < 1.29 is 27.5 Å². The number of likely N-dealkylation sites (N-methyl/N-ethyl adjacent to an activating group) is 1. The number of alkyl halides is 3. The first-order valence-electron chi connectivity index (χ1n) is 17.3. The number of hydrogen-bond acceptors (Lipinski definition) is 8. The third-order valence-electron chi connectivity index (χ3n) is 10.3. The molecule has 270 valence electrons. The molecule has 0 unspecified atom stereocenters. The lowest BCUT2D eigenvalue weighted by molar-refractivity contribution is -0.138. The van der Waals surface area contributed by atoms with Gasteiger partial charge in [0, 0.05) is 68.3 Å². The van der Waals surface area contributed by atoms with Gasteiger partial charge in [-0.3, -0.25) is 14.6 Å².